The van der Waals surface area contributed by atoms with E-state index in [1.807, 2.05) is 24.3 Å². The van der Waals surface area contributed by atoms with E-state index in [0.717, 1.165) is 16.5 Å². The van der Waals surface area contributed by atoms with E-state index >= 15 is 0 Å². The number of hydrogen-bond acceptors (Lipinski definition) is 6. The molecule has 0 spiro atoms. The van der Waals surface area contributed by atoms with Crippen molar-refractivity contribution in [1.82, 2.24) is 4.72 Å². The van der Waals surface area contributed by atoms with Crippen LogP contribution in [0.1, 0.15) is 31.2 Å². The van der Waals surface area contributed by atoms with Crippen molar-refractivity contribution in [2.45, 2.75) is 37.2 Å². The van der Waals surface area contributed by atoms with Gasteiger partial charge in [-0.25, -0.2) is 13.1 Å². The molecule has 0 saturated carbocycles. The van der Waals surface area contributed by atoms with Crippen LogP contribution < -0.4 is 14.2 Å². The van der Waals surface area contributed by atoms with Crippen molar-refractivity contribution < 1.29 is 27.4 Å². The maximum absolute atomic E-state index is 12.4. The zero-order valence-electron chi connectivity index (χ0n) is 16.4. The predicted octanol–water partition coefficient (Wildman–Crippen LogP) is 3.80. The van der Waals surface area contributed by atoms with Crippen LogP contribution in [0.3, 0.4) is 0 Å². The Morgan fingerprint density at radius 3 is 2.50 bits per heavy atom. The Morgan fingerprint density at radius 2 is 1.73 bits per heavy atom. The van der Waals surface area contributed by atoms with Crippen LogP contribution in [-0.4, -0.2) is 34.1 Å². The first-order chi connectivity index (χ1) is 14.4. The van der Waals surface area contributed by atoms with E-state index in [0.29, 0.717) is 50.5 Å². The van der Waals surface area contributed by atoms with E-state index in [1.54, 1.807) is 6.07 Å². The number of halogens is 1. The topological polar surface area (TPSA) is 90.9 Å². The van der Waals surface area contributed by atoms with Gasteiger partial charge in [0.2, 0.25) is 10.0 Å². The summed E-state index contributed by atoms with van der Waals surface area (Å²) in [6.07, 6.45) is 2.30. The van der Waals surface area contributed by atoms with Gasteiger partial charge in [0.25, 0.3) is 0 Å². The number of unbranched alkanes of at least 4 members (excludes halogenated alkanes) is 2. The normalized spacial score (nSPS) is 13.1. The number of carbonyl (C=O) groups is 1. The first-order valence-corrected chi connectivity index (χ1v) is 12.0. The molecule has 2 aromatic rings. The Hall–Kier alpha value is -2.10. The van der Waals surface area contributed by atoms with Crippen molar-refractivity contribution in [3.63, 3.8) is 0 Å². The minimum atomic E-state index is -3.62. The molecular formula is C21H24BrNO6S. The number of sulfonamides is 1. The first kappa shape index (κ1) is 22.6. The van der Waals surface area contributed by atoms with Gasteiger partial charge in [-0.3, -0.25) is 4.79 Å². The molecule has 0 amide bonds. The van der Waals surface area contributed by atoms with E-state index in [9.17, 15) is 13.2 Å². The van der Waals surface area contributed by atoms with Crippen LogP contribution in [0, 0.1) is 0 Å². The van der Waals surface area contributed by atoms with Crippen molar-refractivity contribution in [3.8, 4) is 11.5 Å². The molecule has 162 valence electrons. The maximum atomic E-state index is 12.4. The van der Waals surface area contributed by atoms with Crippen molar-refractivity contribution in [3.05, 3.63) is 52.5 Å². The minimum Gasteiger partial charge on any atom is -0.486 e. The van der Waals surface area contributed by atoms with Crippen LogP contribution in [0.2, 0.25) is 0 Å². The fourth-order valence-corrected chi connectivity index (χ4v) is 4.22. The van der Waals surface area contributed by atoms with Gasteiger partial charge in [-0.2, -0.15) is 0 Å². The lowest BCUT2D eigenvalue weighted by atomic mass is 10.2. The Bertz CT molecular complexity index is 962. The lowest BCUT2D eigenvalue weighted by molar-refractivity contribution is -0.145. The summed E-state index contributed by atoms with van der Waals surface area (Å²) in [5.74, 6) is 0.729. The summed E-state index contributed by atoms with van der Waals surface area (Å²) in [6.45, 7) is 1.40. The largest absolute Gasteiger partial charge is 0.486 e. The number of rotatable bonds is 10. The molecule has 0 atom stereocenters. The highest BCUT2D eigenvalue weighted by Crippen LogP contribution is 2.32. The Labute approximate surface area is 184 Å². The molecule has 0 aromatic heterocycles. The lowest BCUT2D eigenvalue weighted by Crippen LogP contribution is -2.25. The average molecular weight is 498 g/mol. The number of carbonyl (C=O) groups excluding carboxylic acids is 1. The SMILES string of the molecule is O=C(CCCCCNS(=O)(=O)c1ccc2c(c1)OCCO2)OCc1ccc(Br)cc1. The van der Waals surface area contributed by atoms with E-state index in [-0.39, 0.29) is 17.5 Å². The molecule has 0 saturated heterocycles. The molecule has 0 aliphatic carbocycles. The van der Waals surface area contributed by atoms with Crippen LogP contribution >= 0.6 is 15.9 Å². The second-order valence-corrected chi connectivity index (χ2v) is 9.48. The summed E-state index contributed by atoms with van der Waals surface area (Å²) >= 11 is 3.36. The van der Waals surface area contributed by atoms with Gasteiger partial charge in [-0.15, -0.1) is 0 Å². The van der Waals surface area contributed by atoms with Gasteiger partial charge >= 0.3 is 5.97 Å². The predicted molar refractivity (Wildman–Crippen MR) is 115 cm³/mol. The van der Waals surface area contributed by atoms with Crippen molar-refractivity contribution in [2.24, 2.45) is 0 Å². The molecule has 1 heterocycles. The zero-order chi connectivity index (χ0) is 21.4. The average Bonchev–Trinajstić information content (AvgIpc) is 2.75. The van der Waals surface area contributed by atoms with Gasteiger partial charge in [0.1, 0.15) is 19.8 Å². The number of ether oxygens (including phenoxy) is 3. The van der Waals surface area contributed by atoms with Crippen LogP contribution in [0.4, 0.5) is 0 Å². The Morgan fingerprint density at radius 1 is 1.00 bits per heavy atom. The van der Waals surface area contributed by atoms with E-state index < -0.39 is 10.0 Å². The molecule has 0 unspecified atom stereocenters. The molecule has 3 rings (SSSR count). The van der Waals surface area contributed by atoms with Gasteiger partial charge in [-0.1, -0.05) is 34.5 Å². The molecule has 0 fully saturated rings. The molecular weight excluding hydrogens is 474 g/mol. The summed E-state index contributed by atoms with van der Waals surface area (Å²) in [4.78, 5) is 12.0. The summed E-state index contributed by atoms with van der Waals surface area (Å²) in [5, 5.41) is 0. The molecule has 30 heavy (non-hydrogen) atoms. The van der Waals surface area contributed by atoms with Gasteiger partial charge in [0.15, 0.2) is 11.5 Å². The first-order valence-electron chi connectivity index (χ1n) is 9.73. The van der Waals surface area contributed by atoms with Crippen LogP contribution in [0.5, 0.6) is 11.5 Å². The molecule has 7 nitrogen and oxygen atoms in total. The number of esters is 1. The van der Waals surface area contributed by atoms with Crippen LogP contribution in [0.25, 0.3) is 0 Å². The second-order valence-electron chi connectivity index (χ2n) is 6.80. The third-order valence-corrected chi connectivity index (χ3v) is 6.47. The maximum Gasteiger partial charge on any atom is 0.306 e. The molecule has 1 N–H and O–H groups in total. The number of benzene rings is 2. The third-order valence-electron chi connectivity index (χ3n) is 4.49. The van der Waals surface area contributed by atoms with Gasteiger partial charge < -0.3 is 14.2 Å². The van der Waals surface area contributed by atoms with Crippen LogP contribution in [0.15, 0.2) is 51.8 Å². The molecule has 0 bridgehead atoms. The van der Waals surface area contributed by atoms with E-state index in [4.69, 9.17) is 14.2 Å². The highest BCUT2D eigenvalue weighted by molar-refractivity contribution is 9.10. The van der Waals surface area contributed by atoms with E-state index in [2.05, 4.69) is 20.7 Å². The summed E-state index contributed by atoms with van der Waals surface area (Å²) in [6, 6.07) is 12.2. The van der Waals surface area contributed by atoms with Crippen LogP contribution in [-0.2, 0) is 26.2 Å². The highest BCUT2D eigenvalue weighted by Gasteiger charge is 2.18. The van der Waals surface area contributed by atoms with Gasteiger partial charge in [0, 0.05) is 23.5 Å². The lowest BCUT2D eigenvalue weighted by Gasteiger charge is -2.18. The fraction of sp³-hybridized carbons (Fsp3) is 0.381. The quantitative estimate of drug-likeness (QED) is 0.396. The Kier molecular flexibility index (Phi) is 8.12. The zero-order valence-corrected chi connectivity index (χ0v) is 18.8. The summed E-state index contributed by atoms with van der Waals surface area (Å²) in [5.41, 5.74) is 0.931. The summed E-state index contributed by atoms with van der Waals surface area (Å²) < 4.78 is 44.5. The molecule has 1 aliphatic heterocycles. The monoisotopic (exact) mass is 497 g/mol. The van der Waals surface area contributed by atoms with E-state index in [1.165, 1.54) is 12.1 Å². The Balaban J connectivity index is 1.32. The molecule has 9 heteroatoms. The van der Waals surface area contributed by atoms with Crippen molar-refractivity contribution >= 4 is 31.9 Å². The number of fused-ring (bicyclic) bond motifs is 1. The van der Waals surface area contributed by atoms with Gasteiger partial charge in [0.05, 0.1) is 4.90 Å². The van der Waals surface area contributed by atoms with Crippen molar-refractivity contribution in [2.75, 3.05) is 19.8 Å². The third kappa shape index (κ3) is 6.72. The number of nitrogens with one attached hydrogen (secondary N) is 1. The fourth-order valence-electron chi connectivity index (χ4n) is 2.87. The van der Waals surface area contributed by atoms with Gasteiger partial charge in [-0.05, 0) is 42.7 Å². The smallest absolute Gasteiger partial charge is 0.306 e. The number of hydrogen-bond donors (Lipinski definition) is 1. The second kappa shape index (κ2) is 10.8. The van der Waals surface area contributed by atoms with Crippen molar-refractivity contribution in [1.29, 1.82) is 0 Å². The molecule has 1 aliphatic rings. The minimum absolute atomic E-state index is 0.142. The highest BCUT2D eigenvalue weighted by atomic mass is 79.9. The molecule has 2 aromatic carbocycles. The molecule has 0 radical (unpaired) electrons. The standard InChI is InChI=1S/C21H24BrNO6S/c22-17-7-5-16(6-8-17)15-29-21(24)4-2-1-3-11-23-30(25,26)18-9-10-19-20(14-18)28-13-12-27-19/h5-10,14,23H,1-4,11-13,15H2. The summed E-state index contributed by atoms with van der Waals surface area (Å²) in [7, 11) is -3.62.